The molecular formula is C21H21FN2O2. The molecule has 1 aliphatic rings. The van der Waals surface area contributed by atoms with E-state index in [9.17, 15) is 14.0 Å². The van der Waals surface area contributed by atoms with Crippen LogP contribution in [0.15, 0.2) is 60.7 Å². The number of nitrogens with zero attached hydrogens (tertiary/aromatic N) is 1. The van der Waals surface area contributed by atoms with Crippen molar-refractivity contribution in [3.8, 4) is 0 Å². The van der Waals surface area contributed by atoms with Gasteiger partial charge in [-0.1, -0.05) is 36.4 Å². The molecule has 26 heavy (non-hydrogen) atoms. The van der Waals surface area contributed by atoms with Crippen molar-refractivity contribution in [1.82, 2.24) is 4.90 Å². The molecule has 0 spiro atoms. The van der Waals surface area contributed by atoms with Crippen LogP contribution in [0.1, 0.15) is 18.4 Å². The summed E-state index contributed by atoms with van der Waals surface area (Å²) >= 11 is 0. The van der Waals surface area contributed by atoms with Crippen LogP contribution in [0, 0.1) is 11.7 Å². The van der Waals surface area contributed by atoms with Crippen LogP contribution in [-0.4, -0.2) is 29.8 Å². The number of carbonyl (C=O) groups is 2. The number of amides is 2. The molecule has 0 saturated carbocycles. The van der Waals surface area contributed by atoms with Crippen molar-refractivity contribution >= 4 is 23.6 Å². The molecule has 1 aliphatic heterocycles. The number of hydrogen-bond donors (Lipinski definition) is 1. The normalized spacial score (nSPS) is 17.3. The zero-order valence-electron chi connectivity index (χ0n) is 14.4. The van der Waals surface area contributed by atoms with E-state index in [-0.39, 0.29) is 23.5 Å². The number of benzene rings is 2. The fraction of sp³-hybridized carbons (Fsp3) is 0.238. The van der Waals surface area contributed by atoms with Crippen LogP contribution in [0.5, 0.6) is 0 Å². The summed E-state index contributed by atoms with van der Waals surface area (Å²) in [5.41, 5.74) is 1.12. The van der Waals surface area contributed by atoms with Crippen LogP contribution in [0.25, 0.3) is 6.08 Å². The Morgan fingerprint density at radius 1 is 1.08 bits per heavy atom. The molecular weight excluding hydrogens is 331 g/mol. The number of likely N-dealkylation sites (tertiary alicyclic amines) is 1. The largest absolute Gasteiger partial charge is 0.338 e. The second-order valence-corrected chi connectivity index (χ2v) is 6.33. The minimum Gasteiger partial charge on any atom is -0.338 e. The zero-order valence-corrected chi connectivity index (χ0v) is 14.4. The number of nitrogens with one attached hydrogen (secondary N) is 1. The summed E-state index contributed by atoms with van der Waals surface area (Å²) in [4.78, 5) is 26.5. The average Bonchev–Trinajstić information content (AvgIpc) is 2.68. The standard InChI is InChI=1S/C21H21FN2O2/c22-19-11-5-4-7-16(19)12-13-20(25)24-14-6-8-17(15-24)21(26)23-18-9-2-1-3-10-18/h1-5,7,9-13,17H,6,8,14-15H2,(H,23,26). The summed E-state index contributed by atoms with van der Waals surface area (Å²) in [5.74, 6) is -0.887. The Hall–Kier alpha value is -2.95. The van der Waals surface area contributed by atoms with Crippen molar-refractivity contribution in [3.63, 3.8) is 0 Å². The number of hydrogen-bond acceptors (Lipinski definition) is 2. The molecule has 2 aromatic carbocycles. The van der Waals surface area contributed by atoms with Crippen LogP contribution >= 0.6 is 0 Å². The van der Waals surface area contributed by atoms with E-state index in [4.69, 9.17) is 0 Å². The molecule has 1 heterocycles. The summed E-state index contributed by atoms with van der Waals surface area (Å²) in [6, 6.07) is 15.6. The van der Waals surface area contributed by atoms with Gasteiger partial charge in [0, 0.05) is 30.4 Å². The third-order valence-corrected chi connectivity index (χ3v) is 4.46. The summed E-state index contributed by atoms with van der Waals surface area (Å²) in [6.07, 6.45) is 4.37. The van der Waals surface area contributed by atoms with E-state index in [1.165, 1.54) is 18.2 Å². The summed E-state index contributed by atoms with van der Waals surface area (Å²) in [5, 5.41) is 2.89. The molecule has 1 N–H and O–H groups in total. The molecule has 4 nitrogen and oxygen atoms in total. The fourth-order valence-corrected chi connectivity index (χ4v) is 3.03. The number of para-hydroxylation sites is 1. The van der Waals surface area contributed by atoms with Crippen LogP contribution in [0.4, 0.5) is 10.1 Å². The first-order valence-corrected chi connectivity index (χ1v) is 8.71. The van der Waals surface area contributed by atoms with Crippen LogP contribution in [0.2, 0.25) is 0 Å². The molecule has 134 valence electrons. The predicted octanol–water partition coefficient (Wildman–Crippen LogP) is 3.72. The maximum Gasteiger partial charge on any atom is 0.246 e. The van der Waals surface area contributed by atoms with E-state index >= 15 is 0 Å². The SMILES string of the molecule is O=C(Nc1ccccc1)C1CCCN(C(=O)C=Cc2ccccc2F)C1. The van der Waals surface area contributed by atoms with E-state index < -0.39 is 0 Å². The molecule has 1 atom stereocenters. The minimum absolute atomic E-state index is 0.0771. The van der Waals surface area contributed by atoms with Crippen LogP contribution in [-0.2, 0) is 9.59 Å². The topological polar surface area (TPSA) is 49.4 Å². The second-order valence-electron chi connectivity index (χ2n) is 6.33. The molecule has 5 heteroatoms. The van der Waals surface area contributed by atoms with Gasteiger partial charge in [-0.15, -0.1) is 0 Å². The molecule has 2 aromatic rings. The summed E-state index contributed by atoms with van der Waals surface area (Å²) in [7, 11) is 0. The Kier molecular flexibility index (Phi) is 5.79. The Labute approximate surface area is 152 Å². The molecule has 1 fully saturated rings. The van der Waals surface area contributed by atoms with E-state index in [1.54, 1.807) is 23.1 Å². The van der Waals surface area contributed by atoms with Crippen molar-refractivity contribution in [3.05, 3.63) is 72.1 Å². The van der Waals surface area contributed by atoms with E-state index in [0.717, 1.165) is 18.5 Å². The highest BCUT2D eigenvalue weighted by molar-refractivity contribution is 5.95. The van der Waals surface area contributed by atoms with Gasteiger partial charge in [0.15, 0.2) is 0 Å². The van der Waals surface area contributed by atoms with Crippen molar-refractivity contribution in [2.45, 2.75) is 12.8 Å². The smallest absolute Gasteiger partial charge is 0.246 e. The average molecular weight is 352 g/mol. The molecule has 1 saturated heterocycles. The molecule has 0 aliphatic carbocycles. The molecule has 0 bridgehead atoms. The van der Waals surface area contributed by atoms with E-state index in [0.29, 0.717) is 18.7 Å². The fourth-order valence-electron chi connectivity index (χ4n) is 3.03. The lowest BCUT2D eigenvalue weighted by Gasteiger charge is -2.31. The summed E-state index contributed by atoms with van der Waals surface area (Å²) < 4.78 is 13.6. The number of piperidine rings is 1. The maximum atomic E-state index is 13.6. The molecule has 1 unspecified atom stereocenters. The van der Waals surface area contributed by atoms with Crippen LogP contribution in [0.3, 0.4) is 0 Å². The summed E-state index contributed by atoms with van der Waals surface area (Å²) in [6.45, 7) is 0.981. The van der Waals surface area contributed by atoms with Gasteiger partial charge in [-0.25, -0.2) is 4.39 Å². The Bertz CT molecular complexity index is 805. The lowest BCUT2D eigenvalue weighted by Crippen LogP contribution is -2.43. The first-order chi connectivity index (χ1) is 12.6. The quantitative estimate of drug-likeness (QED) is 0.853. The number of rotatable bonds is 4. The van der Waals surface area contributed by atoms with Crippen molar-refractivity contribution in [1.29, 1.82) is 0 Å². The lowest BCUT2D eigenvalue weighted by molar-refractivity contribution is -0.130. The molecule has 3 rings (SSSR count). The van der Waals surface area contributed by atoms with Gasteiger partial charge >= 0.3 is 0 Å². The maximum absolute atomic E-state index is 13.6. The Morgan fingerprint density at radius 3 is 2.58 bits per heavy atom. The highest BCUT2D eigenvalue weighted by Gasteiger charge is 2.27. The molecule has 0 aromatic heterocycles. The van der Waals surface area contributed by atoms with E-state index in [2.05, 4.69) is 5.32 Å². The lowest BCUT2D eigenvalue weighted by atomic mass is 9.97. The van der Waals surface area contributed by atoms with Gasteiger partial charge in [0.05, 0.1) is 5.92 Å². The predicted molar refractivity (Wildman–Crippen MR) is 99.8 cm³/mol. The minimum atomic E-state index is -0.365. The monoisotopic (exact) mass is 352 g/mol. The van der Waals surface area contributed by atoms with Gasteiger partial charge in [0.1, 0.15) is 5.82 Å². The zero-order chi connectivity index (χ0) is 18.4. The second kappa shape index (κ2) is 8.43. The number of halogens is 1. The van der Waals surface area contributed by atoms with Gasteiger partial charge in [-0.2, -0.15) is 0 Å². The Balaban J connectivity index is 1.60. The third kappa shape index (κ3) is 4.57. The highest BCUT2D eigenvalue weighted by Crippen LogP contribution is 2.19. The van der Waals surface area contributed by atoms with Crippen LogP contribution < -0.4 is 5.32 Å². The van der Waals surface area contributed by atoms with Crippen molar-refractivity contribution < 1.29 is 14.0 Å². The number of anilines is 1. The molecule has 2 amide bonds. The molecule has 0 radical (unpaired) electrons. The van der Waals surface area contributed by atoms with E-state index in [1.807, 2.05) is 30.3 Å². The van der Waals surface area contributed by atoms with Crippen molar-refractivity contribution in [2.75, 3.05) is 18.4 Å². The third-order valence-electron chi connectivity index (χ3n) is 4.46. The highest BCUT2D eigenvalue weighted by atomic mass is 19.1. The first-order valence-electron chi connectivity index (χ1n) is 8.71. The van der Waals surface area contributed by atoms with Gasteiger partial charge in [0.25, 0.3) is 0 Å². The van der Waals surface area contributed by atoms with Gasteiger partial charge in [-0.05, 0) is 37.1 Å². The van der Waals surface area contributed by atoms with Gasteiger partial charge < -0.3 is 10.2 Å². The first kappa shape index (κ1) is 17.9. The van der Waals surface area contributed by atoms with Gasteiger partial charge in [0.2, 0.25) is 11.8 Å². The Morgan fingerprint density at radius 2 is 1.81 bits per heavy atom. The van der Waals surface area contributed by atoms with Gasteiger partial charge in [-0.3, -0.25) is 9.59 Å². The number of carbonyl (C=O) groups excluding carboxylic acids is 2. The van der Waals surface area contributed by atoms with Crippen molar-refractivity contribution in [2.24, 2.45) is 5.92 Å².